The Morgan fingerprint density at radius 2 is 1.71 bits per heavy atom. The van der Waals surface area contributed by atoms with Gasteiger partial charge in [-0.25, -0.2) is 0 Å². The third-order valence-electron chi connectivity index (χ3n) is 4.83. The Balaban J connectivity index is 0.00000208. The molecule has 0 heterocycles. The van der Waals surface area contributed by atoms with Gasteiger partial charge in [-0.05, 0) is 49.7 Å². The van der Waals surface area contributed by atoms with Crippen molar-refractivity contribution in [2.24, 2.45) is 0 Å². The molecule has 0 fully saturated rings. The molecule has 1 aliphatic rings. The highest BCUT2D eigenvalue weighted by atomic mass is 35.5. The SMILES string of the molecule is CCCCCN(C)[C@@H]1Cc2ccccc2[C@H]1Oc1ccccc1.Cl. The molecule has 0 N–H and O–H groups in total. The zero-order valence-corrected chi connectivity index (χ0v) is 15.5. The quantitative estimate of drug-likeness (QED) is 0.633. The molecule has 0 aliphatic heterocycles. The second-order valence-electron chi connectivity index (χ2n) is 6.51. The number of hydrogen-bond donors (Lipinski definition) is 0. The van der Waals surface area contributed by atoms with Gasteiger partial charge in [0.2, 0.25) is 0 Å². The number of ether oxygens (including phenoxy) is 1. The van der Waals surface area contributed by atoms with Crippen LogP contribution in [0.4, 0.5) is 0 Å². The predicted octanol–water partition coefficient (Wildman–Crippen LogP) is 5.28. The van der Waals surface area contributed by atoms with Crippen LogP contribution in [0.5, 0.6) is 5.75 Å². The Labute approximate surface area is 152 Å². The summed E-state index contributed by atoms with van der Waals surface area (Å²) in [6.07, 6.45) is 5.03. The third-order valence-corrected chi connectivity index (χ3v) is 4.83. The molecule has 2 aromatic rings. The van der Waals surface area contributed by atoms with Gasteiger partial charge in [-0.3, -0.25) is 4.90 Å². The van der Waals surface area contributed by atoms with E-state index in [4.69, 9.17) is 4.74 Å². The van der Waals surface area contributed by atoms with Crippen LogP contribution in [0.15, 0.2) is 54.6 Å². The Hall–Kier alpha value is -1.51. The Morgan fingerprint density at radius 3 is 2.46 bits per heavy atom. The van der Waals surface area contributed by atoms with Gasteiger partial charge in [0.15, 0.2) is 0 Å². The van der Waals surface area contributed by atoms with Gasteiger partial charge in [0.1, 0.15) is 11.9 Å². The van der Waals surface area contributed by atoms with E-state index in [1.807, 2.05) is 18.2 Å². The summed E-state index contributed by atoms with van der Waals surface area (Å²) in [4.78, 5) is 2.49. The van der Waals surface area contributed by atoms with E-state index in [2.05, 4.69) is 55.3 Å². The van der Waals surface area contributed by atoms with E-state index in [1.54, 1.807) is 0 Å². The van der Waals surface area contributed by atoms with Crippen LogP contribution in [0.25, 0.3) is 0 Å². The van der Waals surface area contributed by atoms with Gasteiger partial charge in [-0.1, -0.05) is 62.2 Å². The molecule has 0 saturated carbocycles. The minimum absolute atomic E-state index is 0. The fourth-order valence-corrected chi connectivity index (χ4v) is 3.49. The first-order chi connectivity index (χ1) is 11.3. The monoisotopic (exact) mass is 345 g/mol. The molecule has 3 rings (SSSR count). The second-order valence-corrected chi connectivity index (χ2v) is 6.51. The molecule has 24 heavy (non-hydrogen) atoms. The summed E-state index contributed by atoms with van der Waals surface area (Å²) in [7, 11) is 2.24. The molecule has 0 radical (unpaired) electrons. The van der Waals surface area contributed by atoms with Crippen LogP contribution in [-0.4, -0.2) is 24.5 Å². The molecular weight excluding hydrogens is 318 g/mol. The van der Waals surface area contributed by atoms with Gasteiger partial charge in [0.05, 0.1) is 6.04 Å². The first-order valence-electron chi connectivity index (χ1n) is 8.79. The number of nitrogens with zero attached hydrogens (tertiary/aromatic N) is 1. The van der Waals surface area contributed by atoms with Gasteiger partial charge in [-0.2, -0.15) is 0 Å². The van der Waals surface area contributed by atoms with Crippen molar-refractivity contribution in [3.63, 3.8) is 0 Å². The zero-order chi connectivity index (χ0) is 16.1. The summed E-state index contributed by atoms with van der Waals surface area (Å²) in [5, 5.41) is 0. The van der Waals surface area contributed by atoms with Crippen LogP contribution in [0.2, 0.25) is 0 Å². The van der Waals surface area contributed by atoms with Crippen molar-refractivity contribution in [2.45, 2.75) is 44.8 Å². The molecule has 2 nitrogen and oxygen atoms in total. The summed E-state index contributed by atoms with van der Waals surface area (Å²) in [5.74, 6) is 0.959. The lowest BCUT2D eigenvalue weighted by atomic mass is 10.1. The lowest BCUT2D eigenvalue weighted by molar-refractivity contribution is 0.0940. The van der Waals surface area contributed by atoms with Crippen molar-refractivity contribution in [3.05, 3.63) is 65.7 Å². The highest BCUT2D eigenvalue weighted by Crippen LogP contribution is 2.37. The van der Waals surface area contributed by atoms with Crippen molar-refractivity contribution in [1.29, 1.82) is 0 Å². The number of hydrogen-bond acceptors (Lipinski definition) is 2. The lowest BCUT2D eigenvalue weighted by Gasteiger charge is -2.30. The standard InChI is InChI=1S/C21H27NO.ClH/c1-3-4-10-15-22(2)20-16-17-11-8-9-14-19(17)21(20)23-18-12-6-5-7-13-18;/h5-9,11-14,20-21H,3-4,10,15-16H2,1-2H3;1H/t20-,21-;/m1./s1. The summed E-state index contributed by atoms with van der Waals surface area (Å²) in [5.41, 5.74) is 2.78. The summed E-state index contributed by atoms with van der Waals surface area (Å²) in [6.45, 7) is 3.40. The first-order valence-corrected chi connectivity index (χ1v) is 8.79. The minimum atomic E-state index is 0. The third kappa shape index (κ3) is 4.31. The van der Waals surface area contributed by atoms with Gasteiger partial charge in [-0.15, -0.1) is 12.4 Å². The molecule has 130 valence electrons. The number of fused-ring (bicyclic) bond motifs is 1. The molecule has 2 aromatic carbocycles. The van der Waals surface area contributed by atoms with Crippen LogP contribution in [0.1, 0.15) is 43.4 Å². The molecule has 0 spiro atoms. The number of likely N-dealkylation sites (N-methyl/N-ethyl adjacent to an activating group) is 1. The highest BCUT2D eigenvalue weighted by molar-refractivity contribution is 5.85. The van der Waals surface area contributed by atoms with Crippen molar-refractivity contribution < 1.29 is 4.74 Å². The highest BCUT2D eigenvalue weighted by Gasteiger charge is 2.36. The Morgan fingerprint density at radius 1 is 1.00 bits per heavy atom. The number of unbranched alkanes of at least 4 members (excludes halogenated alkanes) is 2. The molecule has 2 atom stereocenters. The summed E-state index contributed by atoms with van der Waals surface area (Å²) >= 11 is 0. The van der Waals surface area contributed by atoms with Crippen LogP contribution in [0.3, 0.4) is 0 Å². The molecular formula is C21H28ClNO. The maximum atomic E-state index is 6.40. The lowest BCUT2D eigenvalue weighted by Crippen LogP contribution is -2.37. The second kappa shape index (κ2) is 9.10. The fourth-order valence-electron chi connectivity index (χ4n) is 3.49. The van der Waals surface area contributed by atoms with Crippen molar-refractivity contribution in [1.82, 2.24) is 4.90 Å². The molecule has 0 saturated heterocycles. The maximum Gasteiger partial charge on any atom is 0.140 e. The van der Waals surface area contributed by atoms with E-state index >= 15 is 0 Å². The maximum absolute atomic E-state index is 6.40. The van der Waals surface area contributed by atoms with Gasteiger partial charge >= 0.3 is 0 Å². The van der Waals surface area contributed by atoms with Crippen molar-refractivity contribution in [3.8, 4) is 5.75 Å². The Bertz CT molecular complexity index is 616. The zero-order valence-electron chi connectivity index (χ0n) is 14.7. The first kappa shape index (κ1) is 18.8. The van der Waals surface area contributed by atoms with E-state index < -0.39 is 0 Å². The van der Waals surface area contributed by atoms with Gasteiger partial charge < -0.3 is 4.74 Å². The Kier molecular flexibility index (Phi) is 7.14. The van der Waals surface area contributed by atoms with Crippen LogP contribution >= 0.6 is 12.4 Å². The molecule has 3 heteroatoms. The molecule has 0 bridgehead atoms. The number of rotatable bonds is 7. The van der Waals surface area contributed by atoms with E-state index in [-0.39, 0.29) is 18.5 Å². The molecule has 0 unspecified atom stereocenters. The van der Waals surface area contributed by atoms with Crippen LogP contribution in [-0.2, 0) is 6.42 Å². The average molecular weight is 346 g/mol. The van der Waals surface area contributed by atoms with Crippen LogP contribution < -0.4 is 4.74 Å². The molecule has 0 aromatic heterocycles. The predicted molar refractivity (Wildman–Crippen MR) is 103 cm³/mol. The average Bonchev–Trinajstić information content (AvgIpc) is 2.95. The molecule has 1 aliphatic carbocycles. The van der Waals surface area contributed by atoms with E-state index in [0.717, 1.165) is 18.7 Å². The molecule has 0 amide bonds. The normalized spacial score (nSPS) is 19.0. The number of para-hydroxylation sites is 1. The van der Waals surface area contributed by atoms with Crippen LogP contribution in [0, 0.1) is 0 Å². The van der Waals surface area contributed by atoms with Gasteiger partial charge in [0.25, 0.3) is 0 Å². The van der Waals surface area contributed by atoms with Crippen molar-refractivity contribution in [2.75, 3.05) is 13.6 Å². The van der Waals surface area contributed by atoms with E-state index in [9.17, 15) is 0 Å². The summed E-state index contributed by atoms with van der Waals surface area (Å²) < 4.78 is 6.40. The number of halogens is 1. The van der Waals surface area contributed by atoms with Crippen molar-refractivity contribution >= 4 is 12.4 Å². The largest absolute Gasteiger partial charge is 0.484 e. The smallest absolute Gasteiger partial charge is 0.140 e. The summed E-state index contributed by atoms with van der Waals surface area (Å²) in [6, 6.07) is 19.4. The topological polar surface area (TPSA) is 12.5 Å². The van der Waals surface area contributed by atoms with Gasteiger partial charge in [0, 0.05) is 0 Å². The number of benzene rings is 2. The van der Waals surface area contributed by atoms with E-state index in [1.165, 1.54) is 30.4 Å². The van der Waals surface area contributed by atoms with E-state index in [0.29, 0.717) is 6.04 Å². The fraction of sp³-hybridized carbons (Fsp3) is 0.429. The minimum Gasteiger partial charge on any atom is -0.484 e.